The highest BCUT2D eigenvalue weighted by molar-refractivity contribution is 6.32. The van der Waals surface area contributed by atoms with Gasteiger partial charge in [-0.25, -0.2) is 8.78 Å². The van der Waals surface area contributed by atoms with Gasteiger partial charge in [-0.15, -0.1) is 0 Å². The van der Waals surface area contributed by atoms with Crippen LogP contribution in [0.4, 0.5) is 8.78 Å². The number of nitrogens with zero attached hydrogens (tertiary/aromatic N) is 1. The third-order valence-electron chi connectivity index (χ3n) is 3.94. The van der Waals surface area contributed by atoms with Gasteiger partial charge >= 0.3 is 0 Å². The van der Waals surface area contributed by atoms with E-state index in [4.69, 9.17) is 16.1 Å². The van der Waals surface area contributed by atoms with Crippen molar-refractivity contribution in [3.63, 3.8) is 0 Å². The first-order valence-corrected chi connectivity index (χ1v) is 8.41. The highest BCUT2D eigenvalue weighted by atomic mass is 35.5. The maximum atomic E-state index is 14.4. The van der Waals surface area contributed by atoms with Crippen molar-refractivity contribution in [2.24, 2.45) is 0 Å². The quantitative estimate of drug-likeness (QED) is 0.572. The Hall–Kier alpha value is -2.93. The molecule has 0 radical (unpaired) electrons. The van der Waals surface area contributed by atoms with Gasteiger partial charge in [0.2, 0.25) is 0 Å². The van der Waals surface area contributed by atoms with E-state index in [1.807, 2.05) is 0 Å². The van der Waals surface area contributed by atoms with Crippen molar-refractivity contribution in [3.05, 3.63) is 52.7 Å². The number of halogens is 3. The zero-order chi connectivity index (χ0) is 19.7. The summed E-state index contributed by atoms with van der Waals surface area (Å²) in [5.41, 5.74) is -0.278. The Kier molecular flexibility index (Phi) is 5.14. The van der Waals surface area contributed by atoms with E-state index >= 15 is 0 Å². The fourth-order valence-corrected chi connectivity index (χ4v) is 2.85. The molecule has 0 aliphatic carbocycles. The summed E-state index contributed by atoms with van der Waals surface area (Å²) in [5.74, 6) is -3.00. The summed E-state index contributed by atoms with van der Waals surface area (Å²) in [6.07, 6.45) is 0.673. The molecule has 2 N–H and O–H groups in total. The maximum absolute atomic E-state index is 14.4. The van der Waals surface area contributed by atoms with Gasteiger partial charge in [0.1, 0.15) is 23.1 Å². The van der Waals surface area contributed by atoms with Crippen LogP contribution in [0.15, 0.2) is 34.9 Å². The van der Waals surface area contributed by atoms with Crippen LogP contribution in [0.1, 0.15) is 30.3 Å². The summed E-state index contributed by atoms with van der Waals surface area (Å²) < 4.78 is 33.0. The topological polar surface area (TPSA) is 83.6 Å². The summed E-state index contributed by atoms with van der Waals surface area (Å²) in [7, 11) is 0. The number of benzene rings is 2. The Bertz CT molecular complexity index is 1030. The molecule has 140 valence electrons. The van der Waals surface area contributed by atoms with Crippen LogP contribution in [0, 0.1) is 11.6 Å². The molecule has 0 aliphatic heterocycles. The van der Waals surface area contributed by atoms with Gasteiger partial charge in [-0.3, -0.25) is 4.79 Å². The van der Waals surface area contributed by atoms with E-state index in [2.05, 4.69) is 5.16 Å². The number of aromatic nitrogens is 1. The SMILES string of the molecule is CCCC(=O)c1noc(-c2cc(Cl)c(O)cc2O)c1-c1ccc(F)cc1F. The molecule has 0 atom stereocenters. The minimum absolute atomic E-state index is 0.000395. The molecule has 0 bridgehead atoms. The van der Waals surface area contributed by atoms with E-state index in [0.29, 0.717) is 12.5 Å². The van der Waals surface area contributed by atoms with Gasteiger partial charge in [-0.05, 0) is 24.6 Å². The number of rotatable bonds is 5. The highest BCUT2D eigenvalue weighted by Gasteiger charge is 2.28. The molecule has 1 heterocycles. The van der Waals surface area contributed by atoms with Crippen molar-refractivity contribution in [1.82, 2.24) is 5.16 Å². The Morgan fingerprint density at radius 2 is 1.89 bits per heavy atom. The molecular formula is C19H14ClF2NO4. The lowest BCUT2D eigenvalue weighted by Gasteiger charge is -2.08. The molecule has 1 aromatic heterocycles. The lowest BCUT2D eigenvalue weighted by molar-refractivity contribution is 0.0973. The summed E-state index contributed by atoms with van der Waals surface area (Å²) in [5, 5.41) is 23.4. The van der Waals surface area contributed by atoms with Gasteiger partial charge in [0.05, 0.1) is 16.1 Å². The first-order valence-electron chi connectivity index (χ1n) is 8.03. The average Bonchev–Trinajstić information content (AvgIpc) is 3.03. The number of Topliss-reactive ketones (excluding diaryl/α,β-unsaturated/α-hetero) is 1. The molecule has 3 rings (SSSR count). The van der Waals surface area contributed by atoms with E-state index < -0.39 is 23.2 Å². The second-order valence-corrected chi connectivity index (χ2v) is 6.26. The number of phenols is 2. The fraction of sp³-hybridized carbons (Fsp3) is 0.158. The van der Waals surface area contributed by atoms with Crippen LogP contribution in [-0.2, 0) is 0 Å². The molecule has 8 heteroatoms. The molecule has 27 heavy (non-hydrogen) atoms. The molecule has 3 aromatic rings. The molecule has 0 saturated heterocycles. The average molecular weight is 394 g/mol. The molecule has 0 unspecified atom stereocenters. The summed E-state index contributed by atoms with van der Waals surface area (Å²) >= 11 is 5.89. The van der Waals surface area contributed by atoms with Crippen molar-refractivity contribution >= 4 is 17.4 Å². The third kappa shape index (κ3) is 3.50. The Labute approximate surface area is 157 Å². The first-order chi connectivity index (χ1) is 12.8. The minimum Gasteiger partial charge on any atom is -0.507 e. The first kappa shape index (κ1) is 18.8. The zero-order valence-corrected chi connectivity index (χ0v) is 14.8. The molecule has 0 aliphatic rings. The van der Waals surface area contributed by atoms with Crippen LogP contribution in [0.25, 0.3) is 22.5 Å². The van der Waals surface area contributed by atoms with E-state index in [-0.39, 0.29) is 45.3 Å². The van der Waals surface area contributed by atoms with Gasteiger partial charge in [-0.1, -0.05) is 23.7 Å². The van der Waals surface area contributed by atoms with Crippen molar-refractivity contribution in [2.75, 3.05) is 0 Å². The van der Waals surface area contributed by atoms with Crippen molar-refractivity contribution in [1.29, 1.82) is 0 Å². The molecule has 5 nitrogen and oxygen atoms in total. The van der Waals surface area contributed by atoms with Crippen LogP contribution in [0.2, 0.25) is 5.02 Å². The molecule has 0 amide bonds. The van der Waals surface area contributed by atoms with Crippen LogP contribution in [0.3, 0.4) is 0 Å². The molecule has 0 fully saturated rings. The Balaban J connectivity index is 2.30. The third-order valence-corrected chi connectivity index (χ3v) is 4.25. The van der Waals surface area contributed by atoms with Gasteiger partial charge in [-0.2, -0.15) is 0 Å². The second-order valence-electron chi connectivity index (χ2n) is 5.85. The van der Waals surface area contributed by atoms with Gasteiger partial charge < -0.3 is 14.7 Å². The number of carbonyl (C=O) groups excluding carboxylic acids is 1. The largest absolute Gasteiger partial charge is 0.507 e. The Morgan fingerprint density at radius 3 is 2.56 bits per heavy atom. The number of carbonyl (C=O) groups is 1. The van der Waals surface area contributed by atoms with Crippen LogP contribution < -0.4 is 0 Å². The molecule has 2 aromatic carbocycles. The second kappa shape index (κ2) is 7.36. The normalized spacial score (nSPS) is 11.0. The zero-order valence-electron chi connectivity index (χ0n) is 14.1. The van der Waals surface area contributed by atoms with Gasteiger partial charge in [0, 0.05) is 24.1 Å². The van der Waals surface area contributed by atoms with Crippen molar-refractivity contribution in [2.45, 2.75) is 19.8 Å². The van der Waals surface area contributed by atoms with E-state index in [0.717, 1.165) is 18.2 Å². The smallest absolute Gasteiger partial charge is 0.185 e. The predicted octanol–water partition coefficient (Wildman–Crippen LogP) is 5.33. The van der Waals surface area contributed by atoms with Gasteiger partial charge in [0.25, 0.3) is 0 Å². The lowest BCUT2D eigenvalue weighted by atomic mass is 9.96. The standard InChI is InChI=1S/C19H14ClF2NO4/c1-2-3-14(24)18-17(10-5-4-9(21)6-13(10)22)19(27-23-18)11-7-12(20)16(26)8-15(11)25/h4-8,25-26H,2-3H2,1H3. The number of ketones is 1. The van der Waals surface area contributed by atoms with Crippen molar-refractivity contribution < 1.29 is 28.3 Å². The number of phenolic OH excluding ortho intramolecular Hbond substituents is 2. The monoisotopic (exact) mass is 393 g/mol. The minimum atomic E-state index is -0.922. The van der Waals surface area contributed by atoms with E-state index in [1.165, 1.54) is 6.07 Å². The fourth-order valence-electron chi connectivity index (χ4n) is 2.68. The summed E-state index contributed by atoms with van der Waals surface area (Å²) in [4.78, 5) is 12.4. The van der Waals surface area contributed by atoms with E-state index in [9.17, 15) is 23.8 Å². The van der Waals surface area contributed by atoms with Gasteiger partial charge in [0.15, 0.2) is 17.2 Å². The number of hydrogen-bond donors (Lipinski definition) is 2. The molecular weight excluding hydrogens is 380 g/mol. The summed E-state index contributed by atoms with van der Waals surface area (Å²) in [6, 6.07) is 5.05. The lowest BCUT2D eigenvalue weighted by Crippen LogP contribution is -2.02. The number of hydrogen-bond acceptors (Lipinski definition) is 5. The van der Waals surface area contributed by atoms with Crippen LogP contribution in [0.5, 0.6) is 11.5 Å². The maximum Gasteiger partial charge on any atom is 0.185 e. The van der Waals surface area contributed by atoms with Crippen molar-refractivity contribution in [3.8, 4) is 33.9 Å². The molecule has 0 spiro atoms. The number of aromatic hydroxyl groups is 2. The molecule has 0 saturated carbocycles. The Morgan fingerprint density at radius 1 is 1.15 bits per heavy atom. The summed E-state index contributed by atoms with van der Waals surface area (Å²) in [6.45, 7) is 1.79. The van der Waals surface area contributed by atoms with Crippen LogP contribution >= 0.6 is 11.6 Å². The van der Waals surface area contributed by atoms with Crippen LogP contribution in [-0.4, -0.2) is 21.2 Å². The predicted molar refractivity (Wildman–Crippen MR) is 94.9 cm³/mol. The van der Waals surface area contributed by atoms with E-state index in [1.54, 1.807) is 6.92 Å². The highest BCUT2D eigenvalue weighted by Crippen LogP contribution is 2.43.